The zero-order chi connectivity index (χ0) is 23.4. The lowest BCUT2D eigenvalue weighted by molar-refractivity contribution is -0.129. The maximum absolute atomic E-state index is 14.0. The summed E-state index contributed by atoms with van der Waals surface area (Å²) in [6, 6.07) is 15.4. The second kappa shape index (κ2) is 9.44. The fourth-order valence-electron chi connectivity index (χ4n) is 3.03. The van der Waals surface area contributed by atoms with Crippen LogP contribution in [0.4, 0.5) is 8.78 Å². The number of cyclic esters (lactones) is 1. The molecule has 0 N–H and O–H groups in total. The van der Waals surface area contributed by atoms with Crippen LogP contribution in [0.2, 0.25) is 0 Å². The number of hydrogen-bond acceptors (Lipinski definition) is 6. The van der Waals surface area contributed by atoms with Gasteiger partial charge in [-0.15, -0.1) is 0 Å². The van der Waals surface area contributed by atoms with Crippen molar-refractivity contribution >= 4 is 23.9 Å². The van der Waals surface area contributed by atoms with E-state index in [9.17, 15) is 18.4 Å². The Morgan fingerprint density at radius 2 is 1.79 bits per heavy atom. The van der Waals surface area contributed by atoms with E-state index in [0.717, 1.165) is 12.1 Å². The summed E-state index contributed by atoms with van der Waals surface area (Å²) < 4.78 is 43.1. The van der Waals surface area contributed by atoms with Gasteiger partial charge in [0.2, 0.25) is 5.90 Å². The van der Waals surface area contributed by atoms with Gasteiger partial charge in [0.15, 0.2) is 17.2 Å². The van der Waals surface area contributed by atoms with Crippen molar-refractivity contribution in [3.05, 3.63) is 101 Å². The molecule has 33 heavy (non-hydrogen) atoms. The van der Waals surface area contributed by atoms with Gasteiger partial charge in [0.05, 0.1) is 17.7 Å². The molecule has 0 spiro atoms. The Morgan fingerprint density at radius 1 is 1.03 bits per heavy atom. The molecule has 0 saturated carbocycles. The molecule has 1 aliphatic heterocycles. The molecule has 0 fully saturated rings. The van der Waals surface area contributed by atoms with Gasteiger partial charge in [0.1, 0.15) is 11.6 Å². The van der Waals surface area contributed by atoms with Gasteiger partial charge >= 0.3 is 11.9 Å². The number of carbonyl (C=O) groups excluding carboxylic acids is 2. The number of benzene rings is 3. The number of aliphatic imine (C=N–C) groups is 1. The van der Waals surface area contributed by atoms with Crippen molar-refractivity contribution in [3.8, 4) is 11.5 Å². The molecule has 6 nitrogen and oxygen atoms in total. The molecule has 0 bridgehead atoms. The molecule has 0 aliphatic carbocycles. The van der Waals surface area contributed by atoms with Gasteiger partial charge in [-0.25, -0.2) is 23.4 Å². The Balaban J connectivity index is 1.60. The Bertz CT molecular complexity index is 1280. The lowest BCUT2D eigenvalue weighted by Crippen LogP contribution is -2.09. The molecule has 0 aromatic heterocycles. The van der Waals surface area contributed by atoms with Gasteiger partial charge < -0.3 is 14.2 Å². The third-order valence-corrected chi connectivity index (χ3v) is 4.58. The Labute approximate surface area is 187 Å². The Morgan fingerprint density at radius 3 is 2.52 bits per heavy atom. The van der Waals surface area contributed by atoms with Crippen LogP contribution in [0.25, 0.3) is 6.08 Å². The molecule has 3 aromatic carbocycles. The zero-order valence-corrected chi connectivity index (χ0v) is 17.4. The smallest absolute Gasteiger partial charge is 0.363 e. The molecule has 0 atom stereocenters. The minimum absolute atomic E-state index is 0.0215. The van der Waals surface area contributed by atoms with Gasteiger partial charge in [0, 0.05) is 0 Å². The highest BCUT2D eigenvalue weighted by Gasteiger charge is 2.26. The largest absolute Gasteiger partial charge is 0.490 e. The minimum atomic E-state index is -0.724. The average molecular weight is 449 g/mol. The van der Waals surface area contributed by atoms with Crippen LogP contribution in [0.1, 0.15) is 28.4 Å². The second-order valence-corrected chi connectivity index (χ2v) is 6.85. The molecule has 0 radical (unpaired) electrons. The molecule has 1 heterocycles. The molecule has 4 rings (SSSR count). The molecule has 0 unspecified atom stereocenters. The monoisotopic (exact) mass is 449 g/mol. The summed E-state index contributed by atoms with van der Waals surface area (Å²) in [7, 11) is 0. The fraction of sp³-hybridized carbons (Fsp3) is 0.0800. The van der Waals surface area contributed by atoms with Gasteiger partial charge in [-0.2, -0.15) is 0 Å². The standard InChI is InChI=1S/C25H17F2NO5/c1-2-31-22-14-15(7-12-21(22)32-24(29)16-8-10-17(26)11-9-16)13-20-25(30)33-23(28-20)18-5-3-4-6-19(18)27/h3-14H,2H2,1H3/b20-13+. The van der Waals surface area contributed by atoms with Crippen LogP contribution < -0.4 is 9.47 Å². The second-order valence-electron chi connectivity index (χ2n) is 6.85. The lowest BCUT2D eigenvalue weighted by Gasteiger charge is -2.11. The van der Waals surface area contributed by atoms with E-state index < -0.39 is 23.6 Å². The van der Waals surface area contributed by atoms with E-state index >= 15 is 0 Å². The Hall–Kier alpha value is -4.33. The number of rotatable bonds is 6. The molecule has 0 amide bonds. The predicted octanol–water partition coefficient (Wildman–Crippen LogP) is 4.93. The first-order valence-corrected chi connectivity index (χ1v) is 9.96. The normalized spacial score (nSPS) is 14.1. The predicted molar refractivity (Wildman–Crippen MR) is 116 cm³/mol. The lowest BCUT2D eigenvalue weighted by atomic mass is 10.1. The fourth-order valence-corrected chi connectivity index (χ4v) is 3.03. The SMILES string of the molecule is CCOc1cc(/C=C2/N=C(c3ccccc3F)OC2=O)ccc1OC(=O)c1ccc(F)cc1. The number of hydrogen-bond donors (Lipinski definition) is 0. The van der Waals surface area contributed by atoms with E-state index in [4.69, 9.17) is 14.2 Å². The number of nitrogens with zero attached hydrogens (tertiary/aromatic N) is 1. The van der Waals surface area contributed by atoms with Crippen LogP contribution in [0.15, 0.2) is 77.4 Å². The number of esters is 2. The number of carbonyl (C=O) groups is 2. The Kier molecular flexibility index (Phi) is 6.26. The third-order valence-electron chi connectivity index (χ3n) is 4.58. The van der Waals surface area contributed by atoms with Crippen molar-refractivity contribution in [3.63, 3.8) is 0 Å². The summed E-state index contributed by atoms with van der Waals surface area (Å²) in [5.41, 5.74) is 0.748. The van der Waals surface area contributed by atoms with E-state index in [1.165, 1.54) is 42.5 Å². The summed E-state index contributed by atoms with van der Waals surface area (Å²) in [5, 5.41) is 0. The summed E-state index contributed by atoms with van der Waals surface area (Å²) in [6.07, 6.45) is 1.45. The van der Waals surface area contributed by atoms with E-state index in [1.807, 2.05) is 0 Å². The van der Waals surface area contributed by atoms with Crippen molar-refractivity contribution in [2.45, 2.75) is 6.92 Å². The van der Waals surface area contributed by atoms with Gasteiger partial charge in [-0.3, -0.25) is 0 Å². The number of halogens is 2. The zero-order valence-electron chi connectivity index (χ0n) is 17.4. The quantitative estimate of drug-likeness (QED) is 0.303. The van der Waals surface area contributed by atoms with E-state index in [-0.39, 0.29) is 34.2 Å². The van der Waals surface area contributed by atoms with E-state index in [0.29, 0.717) is 12.2 Å². The highest BCUT2D eigenvalue weighted by Crippen LogP contribution is 2.31. The third kappa shape index (κ3) is 4.95. The first-order chi connectivity index (χ1) is 15.9. The van der Waals surface area contributed by atoms with Gasteiger partial charge in [-0.1, -0.05) is 18.2 Å². The molecule has 1 aliphatic rings. The summed E-state index contributed by atoms with van der Waals surface area (Å²) in [4.78, 5) is 28.7. The van der Waals surface area contributed by atoms with Gasteiger partial charge in [-0.05, 0) is 67.1 Å². The van der Waals surface area contributed by atoms with Crippen LogP contribution >= 0.6 is 0 Å². The van der Waals surface area contributed by atoms with Crippen molar-refractivity contribution in [1.29, 1.82) is 0 Å². The van der Waals surface area contributed by atoms with E-state index in [2.05, 4.69) is 4.99 Å². The summed E-state index contributed by atoms with van der Waals surface area (Å²) >= 11 is 0. The maximum atomic E-state index is 14.0. The van der Waals surface area contributed by atoms with E-state index in [1.54, 1.807) is 25.1 Å². The topological polar surface area (TPSA) is 74.2 Å². The van der Waals surface area contributed by atoms with Crippen LogP contribution in [-0.2, 0) is 9.53 Å². The highest BCUT2D eigenvalue weighted by atomic mass is 19.1. The molecular weight excluding hydrogens is 432 g/mol. The first kappa shape index (κ1) is 21.9. The number of ether oxygens (including phenoxy) is 3. The first-order valence-electron chi connectivity index (χ1n) is 9.96. The summed E-state index contributed by atoms with van der Waals surface area (Å²) in [6.45, 7) is 2.05. The van der Waals surface area contributed by atoms with Crippen LogP contribution in [0, 0.1) is 11.6 Å². The van der Waals surface area contributed by atoms with Gasteiger partial charge in [0.25, 0.3) is 0 Å². The molecular formula is C25H17F2NO5. The average Bonchev–Trinajstić information content (AvgIpc) is 3.16. The highest BCUT2D eigenvalue weighted by molar-refractivity contribution is 6.13. The van der Waals surface area contributed by atoms with Crippen molar-refractivity contribution in [2.75, 3.05) is 6.61 Å². The van der Waals surface area contributed by atoms with Crippen LogP contribution in [0.5, 0.6) is 11.5 Å². The maximum Gasteiger partial charge on any atom is 0.363 e. The minimum Gasteiger partial charge on any atom is -0.490 e. The molecule has 166 valence electrons. The molecule has 3 aromatic rings. The van der Waals surface area contributed by atoms with Crippen molar-refractivity contribution < 1.29 is 32.6 Å². The van der Waals surface area contributed by atoms with Crippen molar-refractivity contribution in [1.82, 2.24) is 0 Å². The van der Waals surface area contributed by atoms with Crippen LogP contribution in [-0.4, -0.2) is 24.4 Å². The van der Waals surface area contributed by atoms with Crippen molar-refractivity contribution in [2.24, 2.45) is 4.99 Å². The molecule has 8 heteroatoms. The summed E-state index contributed by atoms with van der Waals surface area (Å²) in [5.74, 6) is -2.15. The molecule has 0 saturated heterocycles. The van der Waals surface area contributed by atoms with Crippen LogP contribution in [0.3, 0.4) is 0 Å².